The van der Waals surface area contributed by atoms with Crippen molar-refractivity contribution in [3.8, 4) is 0 Å². The molecule has 3 heterocycles. The van der Waals surface area contributed by atoms with Gasteiger partial charge < -0.3 is 5.32 Å². The van der Waals surface area contributed by atoms with Crippen molar-refractivity contribution in [2.24, 2.45) is 18.9 Å². The standard InChI is InChI=1S/C21H26N8O/c1-12-4-16(17-13(2)26-28(3)18(17)24-12)19(30)25-20-6-14-5-15(7-20)9-21(8-14,10-20)29-23-11-22-27-29/h4,11,14-15H,5-10H2,1-3H3,(H,25,30). The molecule has 3 aromatic heterocycles. The molecule has 1 amide bonds. The predicted octanol–water partition coefficient (Wildman–Crippen LogP) is 2.05. The molecular weight excluding hydrogens is 380 g/mol. The van der Waals surface area contributed by atoms with E-state index in [-0.39, 0.29) is 17.0 Å². The van der Waals surface area contributed by atoms with E-state index < -0.39 is 0 Å². The maximum atomic E-state index is 13.6. The minimum Gasteiger partial charge on any atom is -0.346 e. The summed E-state index contributed by atoms with van der Waals surface area (Å²) in [5.41, 5.74) is 2.75. The molecule has 30 heavy (non-hydrogen) atoms. The monoisotopic (exact) mass is 406 g/mol. The molecule has 9 heteroatoms. The van der Waals surface area contributed by atoms with Crippen molar-refractivity contribution in [2.75, 3.05) is 0 Å². The fourth-order valence-electron chi connectivity index (χ4n) is 7.04. The summed E-state index contributed by atoms with van der Waals surface area (Å²) in [6.45, 7) is 3.86. The fraction of sp³-hybridized carbons (Fsp3) is 0.619. The van der Waals surface area contributed by atoms with Crippen LogP contribution in [0.15, 0.2) is 12.4 Å². The van der Waals surface area contributed by atoms with Crippen LogP contribution in [0.3, 0.4) is 0 Å². The van der Waals surface area contributed by atoms with Crippen molar-refractivity contribution in [1.82, 2.24) is 40.3 Å². The number of amides is 1. The van der Waals surface area contributed by atoms with Gasteiger partial charge in [-0.1, -0.05) is 0 Å². The first-order valence-corrected chi connectivity index (χ1v) is 10.7. The molecule has 0 spiro atoms. The second-order valence-corrected chi connectivity index (χ2v) is 9.86. The van der Waals surface area contributed by atoms with Gasteiger partial charge in [0.05, 0.1) is 22.2 Å². The first-order valence-electron chi connectivity index (χ1n) is 10.7. The highest BCUT2D eigenvalue weighted by Crippen LogP contribution is 2.60. The summed E-state index contributed by atoms with van der Waals surface area (Å²) in [5.74, 6) is 1.17. The van der Waals surface area contributed by atoms with Crippen LogP contribution in [-0.2, 0) is 12.6 Å². The Bertz CT molecular complexity index is 1150. The number of hydrogen-bond donors (Lipinski definition) is 1. The summed E-state index contributed by atoms with van der Waals surface area (Å²) in [5, 5.41) is 21.5. The molecule has 4 aliphatic carbocycles. The number of nitrogens with one attached hydrogen (secondary N) is 1. The molecule has 4 fully saturated rings. The summed E-state index contributed by atoms with van der Waals surface area (Å²) in [6.07, 6.45) is 7.86. The third kappa shape index (κ3) is 2.47. The number of hydrogen-bond acceptors (Lipinski definition) is 6. The van der Waals surface area contributed by atoms with Crippen molar-refractivity contribution in [3.05, 3.63) is 29.3 Å². The Morgan fingerprint density at radius 2 is 1.97 bits per heavy atom. The van der Waals surface area contributed by atoms with Crippen LogP contribution in [0.5, 0.6) is 0 Å². The van der Waals surface area contributed by atoms with Crippen molar-refractivity contribution in [1.29, 1.82) is 0 Å². The van der Waals surface area contributed by atoms with Crippen LogP contribution in [0.25, 0.3) is 11.0 Å². The number of tetrazole rings is 1. The summed E-state index contributed by atoms with van der Waals surface area (Å²) in [7, 11) is 1.87. The Balaban J connectivity index is 1.39. The molecule has 3 aromatic rings. The molecule has 0 aliphatic heterocycles. The highest BCUT2D eigenvalue weighted by atomic mass is 16.1. The number of aryl methyl sites for hydroxylation is 3. The normalized spacial score (nSPS) is 32.1. The molecule has 0 radical (unpaired) electrons. The van der Waals surface area contributed by atoms with Gasteiger partial charge in [-0.2, -0.15) is 9.90 Å². The van der Waals surface area contributed by atoms with E-state index in [4.69, 9.17) is 0 Å². The van der Waals surface area contributed by atoms with E-state index in [0.717, 1.165) is 54.5 Å². The number of carbonyl (C=O) groups is 1. The zero-order chi connectivity index (χ0) is 20.7. The molecule has 4 aliphatic rings. The average molecular weight is 406 g/mol. The molecule has 9 nitrogen and oxygen atoms in total. The molecule has 4 saturated carbocycles. The molecule has 2 unspecified atom stereocenters. The third-order valence-corrected chi connectivity index (χ3v) is 7.52. The van der Waals surface area contributed by atoms with E-state index in [1.807, 2.05) is 31.8 Å². The van der Waals surface area contributed by atoms with Crippen LogP contribution in [0.4, 0.5) is 0 Å². The van der Waals surface area contributed by atoms with Crippen LogP contribution in [0.1, 0.15) is 60.3 Å². The topological polar surface area (TPSA) is 103 Å². The van der Waals surface area contributed by atoms with E-state index in [0.29, 0.717) is 17.4 Å². The molecule has 1 N–H and O–H groups in total. The second kappa shape index (κ2) is 5.86. The lowest BCUT2D eigenvalue weighted by atomic mass is 9.50. The number of rotatable bonds is 3. The van der Waals surface area contributed by atoms with Gasteiger partial charge in [0.25, 0.3) is 5.91 Å². The molecule has 2 atom stereocenters. The van der Waals surface area contributed by atoms with E-state index in [1.54, 1.807) is 4.68 Å². The Hall–Kier alpha value is -2.84. The minimum absolute atomic E-state index is 0.0229. The number of fused-ring (bicyclic) bond motifs is 1. The average Bonchev–Trinajstić information content (AvgIpc) is 3.29. The molecular formula is C21H26N8O. The first-order chi connectivity index (χ1) is 14.4. The third-order valence-electron chi connectivity index (χ3n) is 7.52. The SMILES string of the molecule is Cc1cc(C(=O)NC23CC4CC(C2)CC(n2ncnn2)(C4)C3)c2c(C)nn(C)c2n1. The van der Waals surface area contributed by atoms with Gasteiger partial charge in [-0.25, -0.2) is 4.98 Å². The molecule has 156 valence electrons. The van der Waals surface area contributed by atoms with Crippen molar-refractivity contribution >= 4 is 16.9 Å². The zero-order valence-corrected chi connectivity index (χ0v) is 17.6. The summed E-state index contributed by atoms with van der Waals surface area (Å²) in [6, 6.07) is 1.89. The van der Waals surface area contributed by atoms with Gasteiger partial charge >= 0.3 is 0 Å². The van der Waals surface area contributed by atoms with Crippen molar-refractivity contribution in [2.45, 2.75) is 63.5 Å². The number of nitrogens with zero attached hydrogens (tertiary/aromatic N) is 7. The molecule has 4 bridgehead atoms. The highest BCUT2D eigenvalue weighted by molar-refractivity contribution is 6.06. The van der Waals surface area contributed by atoms with Gasteiger partial charge in [0.2, 0.25) is 0 Å². The van der Waals surface area contributed by atoms with E-state index in [1.165, 1.54) is 12.7 Å². The predicted molar refractivity (Wildman–Crippen MR) is 109 cm³/mol. The van der Waals surface area contributed by atoms with Crippen molar-refractivity contribution < 1.29 is 4.79 Å². The van der Waals surface area contributed by atoms with Gasteiger partial charge in [0, 0.05) is 18.3 Å². The smallest absolute Gasteiger partial charge is 0.252 e. The summed E-state index contributed by atoms with van der Waals surface area (Å²) >= 11 is 0. The summed E-state index contributed by atoms with van der Waals surface area (Å²) in [4.78, 5) is 20.1. The van der Waals surface area contributed by atoms with Gasteiger partial charge in [0.1, 0.15) is 0 Å². The molecule has 0 saturated heterocycles. The number of aromatic nitrogens is 7. The highest BCUT2D eigenvalue weighted by Gasteiger charge is 2.60. The van der Waals surface area contributed by atoms with Gasteiger partial charge in [-0.05, 0) is 75.5 Å². The summed E-state index contributed by atoms with van der Waals surface area (Å²) < 4.78 is 1.75. The van der Waals surface area contributed by atoms with E-state index in [2.05, 4.69) is 30.8 Å². The number of pyridine rings is 1. The lowest BCUT2D eigenvalue weighted by Crippen LogP contribution is -2.66. The van der Waals surface area contributed by atoms with Crippen LogP contribution >= 0.6 is 0 Å². The maximum Gasteiger partial charge on any atom is 0.252 e. The fourth-order valence-corrected chi connectivity index (χ4v) is 7.04. The van der Waals surface area contributed by atoms with Crippen molar-refractivity contribution in [3.63, 3.8) is 0 Å². The molecule has 0 aromatic carbocycles. The largest absolute Gasteiger partial charge is 0.346 e. The van der Waals surface area contributed by atoms with Gasteiger partial charge in [-0.15, -0.1) is 10.2 Å². The second-order valence-electron chi connectivity index (χ2n) is 9.86. The van der Waals surface area contributed by atoms with E-state index >= 15 is 0 Å². The Morgan fingerprint density at radius 3 is 2.67 bits per heavy atom. The quantitative estimate of drug-likeness (QED) is 0.714. The maximum absolute atomic E-state index is 13.6. The Morgan fingerprint density at radius 1 is 1.20 bits per heavy atom. The van der Waals surface area contributed by atoms with Crippen LogP contribution in [-0.4, -0.2) is 46.4 Å². The lowest BCUT2D eigenvalue weighted by Gasteiger charge is -2.61. The Kier molecular flexibility index (Phi) is 3.51. The molecule has 7 rings (SSSR count). The Labute approximate surface area is 174 Å². The van der Waals surface area contributed by atoms with Crippen LogP contribution in [0.2, 0.25) is 0 Å². The van der Waals surface area contributed by atoms with Crippen LogP contribution < -0.4 is 5.32 Å². The van der Waals surface area contributed by atoms with Crippen LogP contribution in [0, 0.1) is 25.7 Å². The first kappa shape index (κ1) is 18.0. The number of carbonyl (C=O) groups excluding carboxylic acids is 1. The van der Waals surface area contributed by atoms with E-state index in [9.17, 15) is 4.79 Å². The van der Waals surface area contributed by atoms with Gasteiger partial charge in [0.15, 0.2) is 12.0 Å². The van der Waals surface area contributed by atoms with Gasteiger partial charge in [-0.3, -0.25) is 9.48 Å². The lowest BCUT2D eigenvalue weighted by molar-refractivity contribution is -0.0810. The minimum atomic E-state index is -0.214. The zero-order valence-electron chi connectivity index (χ0n) is 17.6.